The fourth-order valence-corrected chi connectivity index (χ4v) is 2.96. The fraction of sp³-hybridized carbons (Fsp3) is 0.571. The standard InChI is InChI=1S/C14H20N6O/c1-9(6-10-4-2-3-5-10)14(21)20-19-13-11-12(16-7-15-11)17-8-18-13/h7-10H,2-6H2,1H3,(H,20,21)(H2,15,16,17,18,19)/t9-/m1/s1. The summed E-state index contributed by atoms with van der Waals surface area (Å²) in [5, 5.41) is 0. The van der Waals surface area contributed by atoms with Crippen LogP contribution in [0.15, 0.2) is 12.7 Å². The van der Waals surface area contributed by atoms with Crippen LogP contribution in [-0.4, -0.2) is 25.8 Å². The van der Waals surface area contributed by atoms with Crippen LogP contribution >= 0.6 is 0 Å². The van der Waals surface area contributed by atoms with E-state index in [1.807, 2.05) is 6.92 Å². The van der Waals surface area contributed by atoms with E-state index in [1.165, 1.54) is 32.0 Å². The number of hydrogen-bond acceptors (Lipinski definition) is 5. The van der Waals surface area contributed by atoms with E-state index in [0.717, 1.165) is 6.42 Å². The van der Waals surface area contributed by atoms with Crippen LogP contribution in [0.1, 0.15) is 39.0 Å². The van der Waals surface area contributed by atoms with Crippen molar-refractivity contribution in [2.45, 2.75) is 39.0 Å². The second kappa shape index (κ2) is 6.07. The van der Waals surface area contributed by atoms with E-state index in [2.05, 4.69) is 30.8 Å². The number of nitrogens with one attached hydrogen (secondary N) is 3. The van der Waals surface area contributed by atoms with Gasteiger partial charge in [-0.15, -0.1) is 0 Å². The Balaban J connectivity index is 1.56. The highest BCUT2D eigenvalue weighted by Gasteiger charge is 2.22. The lowest BCUT2D eigenvalue weighted by molar-refractivity contribution is -0.124. The van der Waals surface area contributed by atoms with Crippen LogP contribution in [0.2, 0.25) is 0 Å². The molecule has 0 aromatic carbocycles. The van der Waals surface area contributed by atoms with Gasteiger partial charge >= 0.3 is 0 Å². The van der Waals surface area contributed by atoms with Crippen LogP contribution in [0.3, 0.4) is 0 Å². The van der Waals surface area contributed by atoms with Gasteiger partial charge in [0.25, 0.3) is 0 Å². The van der Waals surface area contributed by atoms with Crippen LogP contribution in [0.5, 0.6) is 0 Å². The number of carbonyl (C=O) groups is 1. The van der Waals surface area contributed by atoms with Crippen molar-refractivity contribution in [1.82, 2.24) is 25.4 Å². The van der Waals surface area contributed by atoms with Crippen molar-refractivity contribution in [2.75, 3.05) is 5.43 Å². The van der Waals surface area contributed by atoms with Crippen molar-refractivity contribution in [3.8, 4) is 0 Å². The third kappa shape index (κ3) is 3.12. The molecule has 0 radical (unpaired) electrons. The number of anilines is 1. The van der Waals surface area contributed by atoms with E-state index < -0.39 is 0 Å². The van der Waals surface area contributed by atoms with Crippen LogP contribution in [0, 0.1) is 11.8 Å². The zero-order valence-electron chi connectivity index (χ0n) is 12.1. The van der Waals surface area contributed by atoms with Gasteiger partial charge < -0.3 is 4.98 Å². The Hall–Kier alpha value is -2.18. The van der Waals surface area contributed by atoms with Crippen molar-refractivity contribution in [3.63, 3.8) is 0 Å². The Labute approximate surface area is 122 Å². The second-order valence-corrected chi connectivity index (χ2v) is 5.72. The minimum Gasteiger partial charge on any atom is -0.340 e. The maximum Gasteiger partial charge on any atom is 0.241 e. The van der Waals surface area contributed by atoms with E-state index in [1.54, 1.807) is 6.33 Å². The Morgan fingerprint density at radius 1 is 1.38 bits per heavy atom. The predicted molar refractivity (Wildman–Crippen MR) is 79.2 cm³/mol. The van der Waals surface area contributed by atoms with Gasteiger partial charge in [0.2, 0.25) is 5.91 Å². The minimum absolute atomic E-state index is 0.000283. The Morgan fingerprint density at radius 2 is 2.19 bits per heavy atom. The molecule has 0 unspecified atom stereocenters. The van der Waals surface area contributed by atoms with Gasteiger partial charge in [-0.1, -0.05) is 32.6 Å². The molecule has 0 aliphatic heterocycles. The molecule has 3 N–H and O–H groups in total. The highest BCUT2D eigenvalue weighted by Crippen LogP contribution is 2.30. The number of nitrogens with zero attached hydrogens (tertiary/aromatic N) is 3. The summed E-state index contributed by atoms with van der Waals surface area (Å²) in [5.41, 5.74) is 6.84. The summed E-state index contributed by atoms with van der Waals surface area (Å²) in [6.07, 6.45) is 9.04. The largest absolute Gasteiger partial charge is 0.340 e. The molecule has 1 aliphatic rings. The third-order valence-corrected chi connectivity index (χ3v) is 4.14. The van der Waals surface area contributed by atoms with Gasteiger partial charge in [-0.25, -0.2) is 15.0 Å². The number of hydrazine groups is 1. The molecular weight excluding hydrogens is 268 g/mol. The first-order valence-corrected chi connectivity index (χ1v) is 7.44. The number of rotatable bonds is 5. The van der Waals surface area contributed by atoms with E-state index in [0.29, 0.717) is 22.9 Å². The molecular formula is C14H20N6O. The van der Waals surface area contributed by atoms with E-state index in [4.69, 9.17) is 0 Å². The highest BCUT2D eigenvalue weighted by molar-refractivity contribution is 5.84. The molecule has 2 heterocycles. The maximum atomic E-state index is 12.1. The summed E-state index contributed by atoms with van der Waals surface area (Å²) in [6, 6.07) is 0. The monoisotopic (exact) mass is 288 g/mol. The number of amides is 1. The molecule has 7 nitrogen and oxygen atoms in total. The van der Waals surface area contributed by atoms with Crippen molar-refractivity contribution < 1.29 is 4.79 Å². The van der Waals surface area contributed by atoms with Crippen molar-refractivity contribution >= 4 is 22.9 Å². The topological polar surface area (TPSA) is 95.6 Å². The summed E-state index contributed by atoms with van der Waals surface area (Å²) in [7, 11) is 0. The first-order valence-electron chi connectivity index (χ1n) is 7.44. The van der Waals surface area contributed by atoms with Crippen LogP contribution in [0.25, 0.3) is 11.2 Å². The zero-order valence-corrected chi connectivity index (χ0v) is 12.1. The van der Waals surface area contributed by atoms with E-state index in [-0.39, 0.29) is 11.8 Å². The molecule has 1 aliphatic carbocycles. The van der Waals surface area contributed by atoms with Gasteiger partial charge in [0.1, 0.15) is 11.8 Å². The summed E-state index contributed by atoms with van der Waals surface area (Å²) in [5.74, 6) is 1.22. The number of imidazole rings is 1. The first kappa shape index (κ1) is 13.8. The van der Waals surface area contributed by atoms with Crippen LogP contribution < -0.4 is 10.9 Å². The lowest BCUT2D eigenvalue weighted by atomic mass is 9.94. The average molecular weight is 288 g/mol. The molecule has 3 rings (SSSR count). The minimum atomic E-state index is -0.00632. The maximum absolute atomic E-state index is 12.1. The van der Waals surface area contributed by atoms with Gasteiger partial charge in [0, 0.05) is 5.92 Å². The Kier molecular flexibility index (Phi) is 3.98. The molecule has 21 heavy (non-hydrogen) atoms. The lowest BCUT2D eigenvalue weighted by Gasteiger charge is -2.16. The number of hydrogen-bond donors (Lipinski definition) is 3. The number of carbonyl (C=O) groups excluding carboxylic acids is 1. The average Bonchev–Trinajstić information content (AvgIpc) is 3.15. The van der Waals surface area contributed by atoms with E-state index >= 15 is 0 Å². The molecule has 7 heteroatoms. The molecule has 1 fully saturated rings. The SMILES string of the molecule is C[C@H](CC1CCCC1)C(=O)NNc1ncnc2nc[nH]c12. The van der Waals surface area contributed by atoms with Gasteiger partial charge in [-0.2, -0.15) is 0 Å². The predicted octanol–water partition coefficient (Wildman–Crippen LogP) is 2.01. The molecule has 0 saturated heterocycles. The smallest absolute Gasteiger partial charge is 0.241 e. The fourth-order valence-electron chi connectivity index (χ4n) is 2.96. The summed E-state index contributed by atoms with van der Waals surface area (Å²) < 4.78 is 0. The van der Waals surface area contributed by atoms with Crippen molar-refractivity contribution in [2.24, 2.45) is 11.8 Å². The van der Waals surface area contributed by atoms with Crippen LogP contribution in [0.4, 0.5) is 5.82 Å². The zero-order chi connectivity index (χ0) is 14.7. The molecule has 112 valence electrons. The van der Waals surface area contributed by atoms with Crippen molar-refractivity contribution in [1.29, 1.82) is 0 Å². The number of H-pyrrole nitrogens is 1. The lowest BCUT2D eigenvalue weighted by Crippen LogP contribution is -2.35. The first-order chi connectivity index (χ1) is 10.2. The van der Waals surface area contributed by atoms with Crippen LogP contribution in [-0.2, 0) is 4.79 Å². The van der Waals surface area contributed by atoms with Gasteiger partial charge in [-0.05, 0) is 12.3 Å². The van der Waals surface area contributed by atoms with Gasteiger partial charge in [0.15, 0.2) is 11.5 Å². The Bertz CT molecular complexity index is 619. The van der Waals surface area contributed by atoms with E-state index in [9.17, 15) is 4.79 Å². The molecule has 2 aromatic rings. The molecule has 0 spiro atoms. The third-order valence-electron chi connectivity index (χ3n) is 4.14. The summed E-state index contributed by atoms with van der Waals surface area (Å²) in [4.78, 5) is 27.3. The molecule has 1 saturated carbocycles. The molecule has 2 aromatic heterocycles. The summed E-state index contributed by atoms with van der Waals surface area (Å²) in [6.45, 7) is 1.97. The normalized spacial score (nSPS) is 17.0. The Morgan fingerprint density at radius 3 is 3.00 bits per heavy atom. The summed E-state index contributed by atoms with van der Waals surface area (Å²) >= 11 is 0. The molecule has 1 atom stereocenters. The molecule has 1 amide bonds. The number of aromatic amines is 1. The number of fused-ring (bicyclic) bond motifs is 1. The van der Waals surface area contributed by atoms with Crippen molar-refractivity contribution in [3.05, 3.63) is 12.7 Å². The second-order valence-electron chi connectivity index (χ2n) is 5.72. The number of aromatic nitrogens is 4. The highest BCUT2D eigenvalue weighted by atomic mass is 16.2. The van der Waals surface area contributed by atoms with Gasteiger partial charge in [0.05, 0.1) is 6.33 Å². The molecule has 0 bridgehead atoms. The quantitative estimate of drug-likeness (QED) is 0.731. The van der Waals surface area contributed by atoms with Gasteiger partial charge in [-0.3, -0.25) is 15.6 Å².